The van der Waals surface area contributed by atoms with Gasteiger partial charge in [-0.3, -0.25) is 14.5 Å². The van der Waals surface area contributed by atoms with Crippen molar-refractivity contribution in [2.24, 2.45) is 0 Å². The number of amides is 1. The Labute approximate surface area is 168 Å². The number of carboxylic acid groups (broad SMARTS) is 1. The third-order valence-electron chi connectivity index (χ3n) is 5.46. The van der Waals surface area contributed by atoms with Crippen molar-refractivity contribution in [3.63, 3.8) is 0 Å². The molecule has 0 radical (unpaired) electrons. The Morgan fingerprint density at radius 1 is 1.25 bits per heavy atom. The predicted octanol–water partition coefficient (Wildman–Crippen LogP) is 3.28. The molecule has 1 N–H and O–H groups in total. The maximum absolute atomic E-state index is 13.0. The van der Waals surface area contributed by atoms with Crippen LogP contribution in [0.4, 0.5) is 0 Å². The highest BCUT2D eigenvalue weighted by Gasteiger charge is 2.27. The van der Waals surface area contributed by atoms with Gasteiger partial charge in [-0.15, -0.1) is 0 Å². The number of likely N-dealkylation sites (tertiary alicyclic amines) is 1. The molecule has 1 aromatic rings. The third kappa shape index (κ3) is 5.96. The lowest BCUT2D eigenvalue weighted by molar-refractivity contribution is -0.139. The number of hydrogen-bond donors (Lipinski definition) is 1. The second-order valence-corrected chi connectivity index (χ2v) is 8.17. The zero-order valence-corrected chi connectivity index (χ0v) is 17.8. The standard InChI is InChI=1S/C22H34N2O4/c1-15(2)19-9-8-16(3)13-20(19)28-17(4)22(27)24-11-6-7-18(10-12-24)23(5)14-21(25)26/h8-9,13,15,17-18H,6-7,10-12,14H2,1-5H3,(H,25,26)/t17-,18-/m1/s1. The Balaban J connectivity index is 2.00. The normalized spacial score (nSPS) is 18.8. The maximum atomic E-state index is 13.0. The number of aryl methyl sites for hydroxylation is 1. The van der Waals surface area contributed by atoms with Crippen LogP contribution in [0.2, 0.25) is 0 Å². The van der Waals surface area contributed by atoms with E-state index in [0.717, 1.165) is 36.1 Å². The van der Waals surface area contributed by atoms with Crippen LogP contribution < -0.4 is 4.74 Å². The molecule has 2 rings (SSSR count). The highest BCUT2D eigenvalue weighted by molar-refractivity contribution is 5.81. The van der Waals surface area contributed by atoms with Crippen molar-refractivity contribution in [3.05, 3.63) is 29.3 Å². The molecule has 6 nitrogen and oxygen atoms in total. The molecule has 1 fully saturated rings. The first-order valence-electron chi connectivity index (χ1n) is 10.2. The van der Waals surface area contributed by atoms with Crippen LogP contribution in [-0.4, -0.2) is 65.6 Å². The highest BCUT2D eigenvalue weighted by atomic mass is 16.5. The van der Waals surface area contributed by atoms with Crippen molar-refractivity contribution in [2.75, 3.05) is 26.7 Å². The van der Waals surface area contributed by atoms with Crippen LogP contribution in [0.25, 0.3) is 0 Å². The molecular formula is C22H34N2O4. The summed E-state index contributed by atoms with van der Waals surface area (Å²) in [6.07, 6.45) is 2.00. The number of aliphatic carboxylic acids is 1. The summed E-state index contributed by atoms with van der Waals surface area (Å²) in [6.45, 7) is 9.42. The minimum Gasteiger partial charge on any atom is -0.481 e. The Kier molecular flexibility index (Phi) is 7.87. The van der Waals surface area contributed by atoms with Gasteiger partial charge in [0.05, 0.1) is 6.54 Å². The van der Waals surface area contributed by atoms with Gasteiger partial charge in [-0.2, -0.15) is 0 Å². The van der Waals surface area contributed by atoms with E-state index in [0.29, 0.717) is 19.0 Å². The summed E-state index contributed by atoms with van der Waals surface area (Å²) in [4.78, 5) is 27.7. The quantitative estimate of drug-likeness (QED) is 0.774. The van der Waals surface area contributed by atoms with Crippen molar-refractivity contribution in [2.45, 2.75) is 65.0 Å². The molecule has 1 amide bonds. The molecule has 0 aromatic heterocycles. The molecule has 0 spiro atoms. The van der Waals surface area contributed by atoms with Crippen molar-refractivity contribution < 1.29 is 19.4 Å². The minimum atomic E-state index is -0.819. The molecule has 156 valence electrons. The van der Waals surface area contributed by atoms with Crippen LogP contribution >= 0.6 is 0 Å². The Hall–Kier alpha value is -2.08. The van der Waals surface area contributed by atoms with E-state index in [1.165, 1.54) is 0 Å². The number of nitrogens with zero attached hydrogens (tertiary/aromatic N) is 2. The van der Waals surface area contributed by atoms with Gasteiger partial charge >= 0.3 is 5.97 Å². The zero-order valence-electron chi connectivity index (χ0n) is 17.8. The number of likely N-dealkylation sites (N-methyl/N-ethyl adjacent to an activating group) is 1. The van der Waals surface area contributed by atoms with E-state index in [1.54, 1.807) is 0 Å². The monoisotopic (exact) mass is 390 g/mol. The number of hydrogen-bond acceptors (Lipinski definition) is 4. The summed E-state index contributed by atoms with van der Waals surface area (Å²) in [6, 6.07) is 6.33. The Morgan fingerprint density at radius 3 is 2.61 bits per heavy atom. The first-order valence-corrected chi connectivity index (χ1v) is 10.2. The summed E-state index contributed by atoms with van der Waals surface area (Å²) >= 11 is 0. The first kappa shape index (κ1) is 22.2. The predicted molar refractivity (Wildman–Crippen MR) is 110 cm³/mol. The van der Waals surface area contributed by atoms with Gasteiger partial charge in [0, 0.05) is 19.1 Å². The Bertz CT molecular complexity index is 689. The third-order valence-corrected chi connectivity index (χ3v) is 5.46. The average Bonchev–Trinajstić information content (AvgIpc) is 2.86. The lowest BCUT2D eigenvalue weighted by atomic mass is 10.0. The summed E-state index contributed by atoms with van der Waals surface area (Å²) in [5.41, 5.74) is 2.22. The molecule has 1 heterocycles. The summed E-state index contributed by atoms with van der Waals surface area (Å²) < 4.78 is 6.09. The van der Waals surface area contributed by atoms with Gasteiger partial charge in [0.15, 0.2) is 6.10 Å². The van der Waals surface area contributed by atoms with Crippen molar-refractivity contribution in [3.8, 4) is 5.75 Å². The van der Waals surface area contributed by atoms with Gasteiger partial charge in [0.1, 0.15) is 5.75 Å². The fraction of sp³-hybridized carbons (Fsp3) is 0.636. The molecule has 0 aliphatic carbocycles. The largest absolute Gasteiger partial charge is 0.481 e. The van der Waals surface area contributed by atoms with Gasteiger partial charge in [0.25, 0.3) is 5.91 Å². The fourth-order valence-corrected chi connectivity index (χ4v) is 3.80. The summed E-state index contributed by atoms with van der Waals surface area (Å²) in [5.74, 6) is 0.282. The molecular weight excluding hydrogens is 356 g/mol. The van der Waals surface area contributed by atoms with Gasteiger partial charge in [-0.05, 0) is 63.3 Å². The van der Waals surface area contributed by atoms with E-state index in [-0.39, 0.29) is 18.5 Å². The van der Waals surface area contributed by atoms with Crippen molar-refractivity contribution in [1.82, 2.24) is 9.80 Å². The molecule has 2 atom stereocenters. The SMILES string of the molecule is Cc1ccc(C(C)C)c(O[C@H](C)C(=O)N2CCC[C@@H](N(C)CC(=O)O)CC2)c1. The van der Waals surface area contributed by atoms with E-state index in [2.05, 4.69) is 26.0 Å². The van der Waals surface area contributed by atoms with Crippen LogP contribution in [0.3, 0.4) is 0 Å². The second kappa shape index (κ2) is 9.92. The maximum Gasteiger partial charge on any atom is 0.317 e. The molecule has 1 aromatic carbocycles. The van der Waals surface area contributed by atoms with E-state index in [9.17, 15) is 9.59 Å². The van der Waals surface area contributed by atoms with Crippen LogP contribution in [0.15, 0.2) is 18.2 Å². The van der Waals surface area contributed by atoms with Gasteiger partial charge in [-0.1, -0.05) is 26.0 Å². The molecule has 0 saturated carbocycles. The van der Waals surface area contributed by atoms with E-state index in [4.69, 9.17) is 9.84 Å². The van der Waals surface area contributed by atoms with Gasteiger partial charge in [0.2, 0.25) is 0 Å². The Morgan fingerprint density at radius 2 is 1.96 bits per heavy atom. The second-order valence-electron chi connectivity index (χ2n) is 8.17. The number of ether oxygens (including phenoxy) is 1. The highest BCUT2D eigenvalue weighted by Crippen LogP contribution is 2.28. The number of carbonyl (C=O) groups is 2. The molecule has 0 bridgehead atoms. The van der Waals surface area contributed by atoms with Crippen LogP contribution in [-0.2, 0) is 9.59 Å². The number of benzene rings is 1. The van der Waals surface area contributed by atoms with Crippen LogP contribution in [0, 0.1) is 6.92 Å². The lowest BCUT2D eigenvalue weighted by Crippen LogP contribution is -2.42. The van der Waals surface area contributed by atoms with Gasteiger partial charge in [-0.25, -0.2) is 0 Å². The van der Waals surface area contributed by atoms with Crippen molar-refractivity contribution >= 4 is 11.9 Å². The number of carbonyl (C=O) groups excluding carboxylic acids is 1. The fourth-order valence-electron chi connectivity index (χ4n) is 3.80. The van der Waals surface area contributed by atoms with Crippen LogP contribution in [0.1, 0.15) is 57.1 Å². The average molecular weight is 391 g/mol. The van der Waals surface area contributed by atoms with E-state index < -0.39 is 12.1 Å². The molecule has 6 heteroatoms. The smallest absolute Gasteiger partial charge is 0.317 e. The van der Waals surface area contributed by atoms with Crippen molar-refractivity contribution in [1.29, 1.82) is 0 Å². The minimum absolute atomic E-state index is 0.00208. The molecule has 1 saturated heterocycles. The van der Waals surface area contributed by atoms with Crippen LogP contribution in [0.5, 0.6) is 5.75 Å². The number of carboxylic acids is 1. The number of rotatable bonds is 7. The molecule has 1 aliphatic heterocycles. The first-order chi connectivity index (χ1) is 13.2. The zero-order chi connectivity index (χ0) is 20.8. The summed E-state index contributed by atoms with van der Waals surface area (Å²) in [5, 5.41) is 9.00. The van der Waals surface area contributed by atoms with Gasteiger partial charge < -0.3 is 14.7 Å². The molecule has 1 aliphatic rings. The van der Waals surface area contributed by atoms with E-state index >= 15 is 0 Å². The van der Waals surface area contributed by atoms with E-state index in [1.807, 2.05) is 36.8 Å². The molecule has 0 unspecified atom stereocenters. The topological polar surface area (TPSA) is 70.1 Å². The summed E-state index contributed by atoms with van der Waals surface area (Å²) in [7, 11) is 1.84. The lowest BCUT2D eigenvalue weighted by Gasteiger charge is -2.27. The molecule has 28 heavy (non-hydrogen) atoms.